The van der Waals surface area contributed by atoms with Gasteiger partial charge in [0.05, 0.1) is 29.8 Å². The molecule has 0 radical (unpaired) electrons. The van der Waals surface area contributed by atoms with Crippen LogP contribution in [0, 0.1) is 5.92 Å². The molecule has 0 spiro atoms. The molecule has 1 aromatic heterocycles. The number of rotatable bonds is 17. The summed E-state index contributed by atoms with van der Waals surface area (Å²) in [5.41, 5.74) is -0.781. The summed E-state index contributed by atoms with van der Waals surface area (Å²) in [6.07, 6.45) is 2.32. The first-order valence-corrected chi connectivity index (χ1v) is 22.4. The zero-order valence-corrected chi connectivity index (χ0v) is 38.0. The molecule has 4 aromatic rings. The number of sulfonamides is 1. The Kier molecular flexibility index (Phi) is 14.6. The Morgan fingerprint density at radius 1 is 1.05 bits per heavy atom. The highest BCUT2D eigenvalue weighted by molar-refractivity contribution is 7.90. The molecule has 0 bridgehead atoms. The zero-order valence-electron chi connectivity index (χ0n) is 37.1. The topological polar surface area (TPSA) is 221 Å². The fraction of sp³-hybridized carbons (Fsp3) is 0.362. The number of methoxy groups -OCH3 is 1. The molecule has 344 valence electrons. The Hall–Kier alpha value is -6.79. The molecule has 1 saturated heterocycles. The van der Waals surface area contributed by atoms with Gasteiger partial charge in [-0.2, -0.15) is 0 Å². The number of likely N-dealkylation sites (tertiary alicyclic amines) is 1. The maximum atomic E-state index is 14.8. The number of ether oxygens (including phenoxy) is 3. The summed E-state index contributed by atoms with van der Waals surface area (Å²) in [6, 6.07) is 20.9. The van der Waals surface area contributed by atoms with Crippen molar-refractivity contribution < 1.29 is 46.9 Å². The predicted octanol–water partition coefficient (Wildman–Crippen LogP) is 2.96. The van der Waals surface area contributed by atoms with Gasteiger partial charge in [0.15, 0.2) is 0 Å². The minimum atomic E-state index is -4.34. The number of carbonyl (C=O) groups excluding carboxylic acids is 4. The number of likely N-dealkylation sites (N-methyl/N-ethyl adjacent to an activating group) is 1. The van der Waals surface area contributed by atoms with Crippen molar-refractivity contribution in [3.05, 3.63) is 110 Å². The van der Waals surface area contributed by atoms with Crippen LogP contribution in [0.4, 0.5) is 0 Å². The SMILES string of the molecule is C=C[C@@H]1C[C@]1(NC(=O)[C@@H]1C[C@@H](Oc2cc(-c3ccccc3)nc3cc(OC)ccc23)CN1C(=O)C(CNC(=O)/C=C/CN(C)C)N=C([O-])OC(C)(C)C)C(=O)NS(=O)(=O)c1ccccc1. The fourth-order valence-electron chi connectivity index (χ4n) is 7.34. The second-order valence-corrected chi connectivity index (χ2v) is 18.7. The summed E-state index contributed by atoms with van der Waals surface area (Å²) < 4.78 is 46.2. The predicted molar refractivity (Wildman–Crippen MR) is 242 cm³/mol. The van der Waals surface area contributed by atoms with Crippen LogP contribution in [0.3, 0.4) is 0 Å². The number of aliphatic imine (C=N–C) groups is 1. The largest absolute Gasteiger partial charge is 0.595 e. The Labute approximate surface area is 378 Å². The molecule has 65 heavy (non-hydrogen) atoms. The maximum absolute atomic E-state index is 14.8. The molecule has 3 aromatic carbocycles. The van der Waals surface area contributed by atoms with Crippen molar-refractivity contribution in [1.82, 2.24) is 30.1 Å². The van der Waals surface area contributed by atoms with Gasteiger partial charge in [0, 0.05) is 60.2 Å². The van der Waals surface area contributed by atoms with E-state index in [2.05, 4.69) is 26.9 Å². The van der Waals surface area contributed by atoms with Crippen molar-refractivity contribution >= 4 is 50.6 Å². The first-order valence-electron chi connectivity index (χ1n) is 20.9. The van der Waals surface area contributed by atoms with E-state index < -0.39 is 81.5 Å². The second kappa shape index (κ2) is 19.9. The molecule has 6 rings (SSSR count). The van der Waals surface area contributed by atoms with Crippen LogP contribution in [0.15, 0.2) is 120 Å². The number of benzene rings is 3. The standard InChI is InChI=1S/C47H55N7O10S/c1-8-31-27-47(31,44(58)52-65(60,61)34-18-13-10-14-19-34)51-42(56)39-25-33(63-40-26-36(30-16-11-9-12-17-30)49-37-24-32(62-7)21-22-35(37)40)29-54(39)43(57)38(50-45(59)64-46(2,3)4)28-48-41(55)20-15-23-53(5)6/h8-22,24,26,31,33,38-39H,1,23,25,27-29H2,2-7H3,(H,48,55)(H,50,59)(H,51,56)(H,52,58)/p-1/b20-15+/t31-,33-,38?,39+,47-/m1/s1. The van der Waals surface area contributed by atoms with Gasteiger partial charge < -0.3 is 39.8 Å². The molecule has 3 N–H and O–H groups in total. The van der Waals surface area contributed by atoms with Crippen molar-refractivity contribution in [3.63, 3.8) is 0 Å². The Morgan fingerprint density at radius 3 is 2.37 bits per heavy atom. The number of hydrogen-bond donors (Lipinski definition) is 3. The van der Waals surface area contributed by atoms with Crippen molar-refractivity contribution in [2.45, 2.75) is 67.8 Å². The van der Waals surface area contributed by atoms with Crippen LogP contribution in [0.1, 0.15) is 33.6 Å². The molecular weight excluding hydrogens is 855 g/mol. The van der Waals surface area contributed by atoms with E-state index in [0.717, 1.165) is 5.56 Å². The first kappa shape index (κ1) is 47.7. The average Bonchev–Trinajstić information content (AvgIpc) is 3.83. The van der Waals surface area contributed by atoms with Gasteiger partial charge in [0.1, 0.15) is 41.3 Å². The van der Waals surface area contributed by atoms with Crippen LogP contribution in [0.2, 0.25) is 0 Å². The molecule has 1 unspecified atom stereocenters. The third-order valence-corrected chi connectivity index (χ3v) is 12.0. The van der Waals surface area contributed by atoms with Gasteiger partial charge in [0.2, 0.25) is 17.7 Å². The first-order chi connectivity index (χ1) is 30.8. The Morgan fingerprint density at radius 2 is 1.74 bits per heavy atom. The quantitative estimate of drug-likeness (QED) is 0.0603. The molecule has 2 heterocycles. The summed E-state index contributed by atoms with van der Waals surface area (Å²) in [6.45, 7) is 8.49. The van der Waals surface area contributed by atoms with Gasteiger partial charge in [-0.15, -0.1) is 6.58 Å². The smallest absolute Gasteiger partial charge is 0.264 e. The third kappa shape index (κ3) is 11.9. The van der Waals surface area contributed by atoms with E-state index in [9.17, 15) is 32.7 Å². The number of carbonyl (C=O) groups is 4. The normalized spacial score (nSPS) is 20.3. The molecule has 1 aliphatic heterocycles. The van der Waals surface area contributed by atoms with Crippen LogP contribution in [-0.2, 0) is 33.9 Å². The molecule has 1 saturated carbocycles. The number of fused-ring (bicyclic) bond motifs is 1. The van der Waals surface area contributed by atoms with Gasteiger partial charge >= 0.3 is 0 Å². The lowest BCUT2D eigenvalue weighted by Crippen LogP contribution is -2.57. The lowest BCUT2D eigenvalue weighted by atomic mass is 10.1. The van der Waals surface area contributed by atoms with Gasteiger partial charge in [-0.05, 0) is 44.8 Å². The summed E-state index contributed by atoms with van der Waals surface area (Å²) >= 11 is 0. The van der Waals surface area contributed by atoms with Gasteiger partial charge in [0.25, 0.3) is 15.9 Å². The summed E-state index contributed by atoms with van der Waals surface area (Å²) in [5, 5.41) is 19.2. The molecule has 5 atom stereocenters. The minimum absolute atomic E-state index is 0.0255. The molecule has 17 nitrogen and oxygen atoms in total. The lowest BCUT2D eigenvalue weighted by molar-refractivity contribution is -0.261. The number of aromatic nitrogens is 1. The summed E-state index contributed by atoms with van der Waals surface area (Å²) in [4.78, 5) is 68.0. The van der Waals surface area contributed by atoms with Crippen molar-refractivity contribution in [2.24, 2.45) is 10.9 Å². The summed E-state index contributed by atoms with van der Waals surface area (Å²) in [5.74, 6) is -2.88. The van der Waals surface area contributed by atoms with Crippen LogP contribution in [-0.4, -0.2) is 123 Å². The average molecular weight is 909 g/mol. The van der Waals surface area contributed by atoms with E-state index in [0.29, 0.717) is 34.6 Å². The molecule has 1 aliphatic carbocycles. The number of nitrogens with one attached hydrogen (secondary N) is 3. The monoisotopic (exact) mass is 908 g/mol. The summed E-state index contributed by atoms with van der Waals surface area (Å²) in [7, 11) is 0.854. The Balaban J connectivity index is 1.36. The van der Waals surface area contributed by atoms with Crippen LogP contribution in [0.5, 0.6) is 11.5 Å². The number of pyridine rings is 1. The number of hydrogen-bond acceptors (Lipinski definition) is 13. The molecule has 2 aliphatic rings. The van der Waals surface area contributed by atoms with E-state index in [1.165, 1.54) is 41.3 Å². The van der Waals surface area contributed by atoms with Crippen LogP contribution in [0.25, 0.3) is 22.2 Å². The maximum Gasteiger partial charge on any atom is 0.264 e. The fourth-order valence-corrected chi connectivity index (χ4v) is 8.40. The van der Waals surface area contributed by atoms with E-state index in [1.54, 1.807) is 64.3 Å². The highest BCUT2D eigenvalue weighted by Crippen LogP contribution is 2.45. The highest BCUT2D eigenvalue weighted by Gasteiger charge is 2.61. The molecule has 2 fully saturated rings. The van der Waals surface area contributed by atoms with E-state index in [1.807, 2.05) is 49.3 Å². The molecular formula is C47H54N7O10S-. The molecule has 4 amide bonds. The lowest BCUT2D eigenvalue weighted by Gasteiger charge is -2.31. The van der Waals surface area contributed by atoms with Crippen LogP contribution >= 0.6 is 0 Å². The van der Waals surface area contributed by atoms with Gasteiger partial charge in [-0.3, -0.25) is 24.2 Å². The molecule has 18 heteroatoms. The van der Waals surface area contributed by atoms with E-state index in [-0.39, 0.29) is 24.3 Å². The van der Waals surface area contributed by atoms with E-state index >= 15 is 0 Å². The van der Waals surface area contributed by atoms with Gasteiger partial charge in [-0.1, -0.05) is 81.5 Å². The second-order valence-electron chi connectivity index (χ2n) is 17.0. The highest BCUT2D eigenvalue weighted by atomic mass is 32.2. The van der Waals surface area contributed by atoms with Crippen molar-refractivity contribution in [2.75, 3.05) is 40.8 Å². The number of nitrogens with zero attached hydrogens (tertiary/aromatic N) is 4. The minimum Gasteiger partial charge on any atom is -0.595 e. The van der Waals surface area contributed by atoms with Crippen LogP contribution < -0.4 is 29.9 Å². The number of amides is 4. The zero-order chi connectivity index (χ0) is 47.1. The Bertz CT molecular complexity index is 2580. The third-order valence-electron chi connectivity index (χ3n) is 10.7. The van der Waals surface area contributed by atoms with Crippen molar-refractivity contribution in [3.8, 4) is 22.8 Å². The van der Waals surface area contributed by atoms with Crippen molar-refractivity contribution in [1.29, 1.82) is 0 Å². The van der Waals surface area contributed by atoms with Gasteiger partial charge in [-0.25, -0.2) is 18.1 Å². The van der Waals surface area contributed by atoms with E-state index in [4.69, 9.17) is 19.2 Å².